The molecule has 0 spiro atoms. The fraction of sp³-hybridized carbons (Fsp3) is 0.600. The number of quaternary nitrogens is 1. The smallest absolute Gasteiger partial charge is 0.271 e. The highest BCUT2D eigenvalue weighted by Crippen LogP contribution is 2.15. The van der Waals surface area contributed by atoms with E-state index >= 15 is 0 Å². The van der Waals surface area contributed by atoms with E-state index in [0.717, 1.165) is 9.61 Å². The summed E-state index contributed by atoms with van der Waals surface area (Å²) in [7, 11) is 6.21. The summed E-state index contributed by atoms with van der Waals surface area (Å²) in [5.74, 6) is 0. The second kappa shape index (κ2) is 2.04. The first-order valence-electron chi connectivity index (χ1n) is 2.69. The van der Waals surface area contributed by atoms with Crippen LogP contribution in [-0.4, -0.2) is 30.5 Å². The monoisotopic (exact) mass is 144 g/mol. The van der Waals surface area contributed by atoms with Crippen molar-refractivity contribution in [3.05, 3.63) is 6.33 Å². The van der Waals surface area contributed by atoms with E-state index in [9.17, 15) is 0 Å². The second-order valence-corrected chi connectivity index (χ2v) is 3.49. The highest BCUT2D eigenvalue weighted by Gasteiger charge is 2.14. The molecule has 1 aromatic rings. The van der Waals surface area contributed by atoms with E-state index in [1.54, 1.807) is 6.33 Å². The minimum Gasteiger partial charge on any atom is -0.271 e. The maximum absolute atomic E-state index is 4.07. The molecule has 0 aromatic carbocycles. The maximum atomic E-state index is 4.07. The summed E-state index contributed by atoms with van der Waals surface area (Å²) in [4.78, 5) is 4.07. The average Bonchev–Trinajstić information content (AvgIpc) is 2.08. The van der Waals surface area contributed by atoms with Crippen LogP contribution in [0.5, 0.6) is 0 Å². The third-order valence-corrected chi connectivity index (χ3v) is 1.94. The van der Waals surface area contributed by atoms with Gasteiger partial charge in [-0.3, -0.25) is 4.48 Å². The van der Waals surface area contributed by atoms with Gasteiger partial charge in [0.05, 0.1) is 21.1 Å². The Morgan fingerprint density at radius 3 is 2.33 bits per heavy atom. The zero-order valence-corrected chi connectivity index (χ0v) is 6.64. The van der Waals surface area contributed by atoms with Crippen LogP contribution in [0.4, 0.5) is 5.13 Å². The highest BCUT2D eigenvalue weighted by atomic mass is 32.1. The van der Waals surface area contributed by atoms with E-state index in [1.165, 1.54) is 11.5 Å². The Balaban J connectivity index is 2.90. The van der Waals surface area contributed by atoms with Gasteiger partial charge in [-0.05, 0) is 0 Å². The maximum Gasteiger partial charge on any atom is 0.304 e. The molecule has 1 aromatic heterocycles. The van der Waals surface area contributed by atoms with Crippen molar-refractivity contribution in [2.45, 2.75) is 0 Å². The Bertz CT molecular complexity index is 175. The number of rotatable bonds is 1. The van der Waals surface area contributed by atoms with Crippen LogP contribution >= 0.6 is 11.5 Å². The second-order valence-electron chi connectivity index (χ2n) is 2.74. The molecule has 0 aliphatic rings. The number of hydrogen-bond acceptors (Lipinski definition) is 3. The lowest BCUT2D eigenvalue weighted by Crippen LogP contribution is -2.34. The molecule has 0 unspecified atom stereocenters. The quantitative estimate of drug-likeness (QED) is 0.543. The van der Waals surface area contributed by atoms with E-state index in [2.05, 4.69) is 30.5 Å². The standard InChI is InChI=1S/C5H10N3S/c1-8(2,3)5-6-4-7-9-5/h4H,1-3H3/q+1. The highest BCUT2D eigenvalue weighted by molar-refractivity contribution is 7.09. The van der Waals surface area contributed by atoms with Crippen molar-refractivity contribution in [2.75, 3.05) is 21.1 Å². The molecule has 0 radical (unpaired) electrons. The topological polar surface area (TPSA) is 25.8 Å². The van der Waals surface area contributed by atoms with Gasteiger partial charge in [-0.2, -0.15) is 9.36 Å². The van der Waals surface area contributed by atoms with Gasteiger partial charge in [0, 0.05) is 11.5 Å². The largest absolute Gasteiger partial charge is 0.304 e. The first kappa shape index (κ1) is 6.64. The molecule has 0 saturated heterocycles. The van der Waals surface area contributed by atoms with Gasteiger partial charge in [0.15, 0.2) is 0 Å². The number of hydrogen-bond donors (Lipinski definition) is 0. The molecular weight excluding hydrogens is 134 g/mol. The van der Waals surface area contributed by atoms with Gasteiger partial charge in [0.2, 0.25) is 0 Å². The minimum atomic E-state index is 0.755. The average molecular weight is 144 g/mol. The zero-order valence-electron chi connectivity index (χ0n) is 5.83. The molecular formula is C5H10N3S+. The van der Waals surface area contributed by atoms with E-state index in [1.807, 2.05) is 0 Å². The zero-order chi connectivity index (χ0) is 6.91. The van der Waals surface area contributed by atoms with Crippen LogP contribution in [0, 0.1) is 0 Å². The van der Waals surface area contributed by atoms with Crippen LogP contribution in [-0.2, 0) is 0 Å². The van der Waals surface area contributed by atoms with Gasteiger partial charge in [0.25, 0.3) is 0 Å². The van der Waals surface area contributed by atoms with Gasteiger partial charge in [-0.25, -0.2) is 0 Å². The lowest BCUT2D eigenvalue weighted by Gasteiger charge is -2.17. The van der Waals surface area contributed by atoms with Crippen molar-refractivity contribution in [1.29, 1.82) is 0 Å². The van der Waals surface area contributed by atoms with Crippen LogP contribution in [0.3, 0.4) is 0 Å². The molecule has 3 nitrogen and oxygen atoms in total. The minimum absolute atomic E-state index is 0.755. The van der Waals surface area contributed by atoms with Gasteiger partial charge in [-0.15, -0.1) is 0 Å². The molecule has 50 valence electrons. The van der Waals surface area contributed by atoms with Crippen molar-refractivity contribution in [3.8, 4) is 0 Å². The van der Waals surface area contributed by atoms with Crippen molar-refractivity contribution >= 4 is 16.7 Å². The Labute approximate surface area is 58.7 Å². The summed E-state index contributed by atoms with van der Waals surface area (Å²) in [6.45, 7) is 0. The number of nitrogens with zero attached hydrogens (tertiary/aromatic N) is 3. The number of aromatic nitrogens is 2. The lowest BCUT2D eigenvalue weighted by atomic mass is 10.7. The molecule has 0 saturated carbocycles. The fourth-order valence-corrected chi connectivity index (χ4v) is 0.991. The lowest BCUT2D eigenvalue weighted by molar-refractivity contribution is 0.484. The Kier molecular flexibility index (Phi) is 1.50. The molecule has 0 N–H and O–H groups in total. The third-order valence-electron chi connectivity index (χ3n) is 0.924. The molecule has 1 rings (SSSR count). The van der Waals surface area contributed by atoms with Gasteiger partial charge in [-0.1, -0.05) is 0 Å². The van der Waals surface area contributed by atoms with E-state index in [-0.39, 0.29) is 0 Å². The molecule has 0 bridgehead atoms. The SMILES string of the molecule is C[N+](C)(C)c1ncns1. The molecule has 0 aliphatic heterocycles. The van der Waals surface area contributed by atoms with Crippen molar-refractivity contribution < 1.29 is 0 Å². The Hall–Kier alpha value is -0.480. The van der Waals surface area contributed by atoms with Crippen LogP contribution in [0.15, 0.2) is 6.33 Å². The molecule has 4 heteroatoms. The molecule has 0 fully saturated rings. The molecule has 0 amide bonds. The van der Waals surface area contributed by atoms with Crippen LogP contribution in [0.1, 0.15) is 0 Å². The summed E-state index contributed by atoms with van der Waals surface area (Å²) in [6.07, 6.45) is 1.59. The predicted octanol–water partition coefficient (Wildman–Crippen LogP) is 0.735. The van der Waals surface area contributed by atoms with Gasteiger partial charge in [0.1, 0.15) is 6.33 Å². The summed E-state index contributed by atoms with van der Waals surface area (Å²) < 4.78 is 4.66. The van der Waals surface area contributed by atoms with Gasteiger partial charge >= 0.3 is 5.13 Å². The van der Waals surface area contributed by atoms with Crippen molar-refractivity contribution in [1.82, 2.24) is 13.8 Å². The Morgan fingerprint density at radius 1 is 1.44 bits per heavy atom. The van der Waals surface area contributed by atoms with Crippen LogP contribution < -0.4 is 4.48 Å². The summed E-state index contributed by atoms with van der Waals surface area (Å²) in [5, 5.41) is 1.04. The summed E-state index contributed by atoms with van der Waals surface area (Å²) in [5.41, 5.74) is 0. The van der Waals surface area contributed by atoms with Gasteiger partial charge < -0.3 is 0 Å². The predicted molar refractivity (Wildman–Crippen MR) is 39.5 cm³/mol. The molecule has 0 aliphatic carbocycles. The van der Waals surface area contributed by atoms with Crippen LogP contribution in [0.25, 0.3) is 0 Å². The van der Waals surface area contributed by atoms with Crippen molar-refractivity contribution in [3.63, 3.8) is 0 Å². The summed E-state index contributed by atoms with van der Waals surface area (Å²) in [6, 6.07) is 0. The molecule has 1 heterocycles. The molecule has 0 atom stereocenters. The van der Waals surface area contributed by atoms with Crippen LogP contribution in [0.2, 0.25) is 0 Å². The first-order chi connectivity index (χ1) is 4.11. The summed E-state index contributed by atoms with van der Waals surface area (Å²) >= 11 is 1.44. The fourth-order valence-electron chi connectivity index (χ4n) is 0.463. The first-order valence-corrected chi connectivity index (χ1v) is 3.47. The van der Waals surface area contributed by atoms with E-state index in [4.69, 9.17) is 0 Å². The third kappa shape index (κ3) is 1.46. The van der Waals surface area contributed by atoms with E-state index < -0.39 is 0 Å². The molecule has 9 heavy (non-hydrogen) atoms. The van der Waals surface area contributed by atoms with E-state index in [0.29, 0.717) is 0 Å². The van der Waals surface area contributed by atoms with Crippen molar-refractivity contribution in [2.24, 2.45) is 0 Å². The Morgan fingerprint density at radius 2 is 2.11 bits per heavy atom. The normalized spacial score (nSPS) is 11.9.